The van der Waals surface area contributed by atoms with E-state index in [4.69, 9.17) is 5.73 Å². The van der Waals surface area contributed by atoms with Gasteiger partial charge in [0, 0.05) is 19.1 Å². The van der Waals surface area contributed by atoms with Crippen molar-refractivity contribution >= 4 is 21.5 Å². The largest absolute Gasteiger partial charge is 0.394 e. The van der Waals surface area contributed by atoms with Crippen LogP contribution in [-0.4, -0.2) is 37.5 Å². The van der Waals surface area contributed by atoms with E-state index in [9.17, 15) is 8.42 Å². The second-order valence-corrected chi connectivity index (χ2v) is 6.31. The monoisotopic (exact) mass is 275 g/mol. The molecular formula is C10H21N5O2S. The fraction of sp³-hybridized carbons (Fsp3) is 0.700. The molecule has 0 saturated carbocycles. The quantitative estimate of drug-likeness (QED) is 0.649. The molecule has 0 bridgehead atoms. The molecule has 0 aromatic carbocycles. The van der Waals surface area contributed by atoms with Crippen LogP contribution in [0.4, 0.5) is 11.5 Å². The molecule has 1 rings (SSSR count). The van der Waals surface area contributed by atoms with Gasteiger partial charge in [0.15, 0.2) is 0 Å². The molecule has 0 unspecified atom stereocenters. The summed E-state index contributed by atoms with van der Waals surface area (Å²) in [5.41, 5.74) is 7.29. The number of rotatable bonds is 6. The van der Waals surface area contributed by atoms with E-state index in [1.54, 1.807) is 4.68 Å². The molecule has 1 aromatic heterocycles. The maximum absolute atomic E-state index is 10.9. The van der Waals surface area contributed by atoms with Crippen molar-refractivity contribution < 1.29 is 8.42 Å². The third-order valence-electron chi connectivity index (χ3n) is 2.40. The van der Waals surface area contributed by atoms with Gasteiger partial charge in [-0.3, -0.25) is 0 Å². The molecular weight excluding hydrogens is 254 g/mol. The Morgan fingerprint density at radius 1 is 1.39 bits per heavy atom. The lowest BCUT2D eigenvalue weighted by Crippen LogP contribution is -2.28. The van der Waals surface area contributed by atoms with Crippen molar-refractivity contribution in [3.05, 3.63) is 5.69 Å². The fourth-order valence-electron chi connectivity index (χ4n) is 1.53. The second kappa shape index (κ2) is 5.57. The highest BCUT2D eigenvalue weighted by atomic mass is 32.2. The second-order valence-electron chi connectivity index (χ2n) is 4.48. The lowest BCUT2D eigenvalue weighted by molar-refractivity contribution is 0.534. The zero-order chi connectivity index (χ0) is 13.9. The van der Waals surface area contributed by atoms with E-state index in [0.29, 0.717) is 18.8 Å². The first-order chi connectivity index (χ1) is 8.22. The number of aryl methyl sites for hydroxylation is 1. The van der Waals surface area contributed by atoms with Crippen molar-refractivity contribution in [2.45, 2.75) is 26.8 Å². The fourth-order valence-corrected chi connectivity index (χ4v) is 2.00. The highest BCUT2D eigenvalue weighted by molar-refractivity contribution is 7.88. The lowest BCUT2D eigenvalue weighted by Gasteiger charge is -2.13. The lowest BCUT2D eigenvalue weighted by atomic mass is 10.3. The predicted octanol–water partition coefficient (Wildman–Crippen LogP) is 0.316. The van der Waals surface area contributed by atoms with Crippen LogP contribution in [0.15, 0.2) is 0 Å². The molecule has 0 radical (unpaired) electrons. The summed E-state index contributed by atoms with van der Waals surface area (Å²) in [5, 5.41) is 7.43. The normalized spacial score (nSPS) is 12.1. The first-order valence-electron chi connectivity index (χ1n) is 5.75. The average molecular weight is 275 g/mol. The number of nitrogens with two attached hydrogens (primary N) is 1. The molecule has 7 nitrogen and oxygen atoms in total. The Hall–Kier alpha value is -1.28. The van der Waals surface area contributed by atoms with Gasteiger partial charge in [0.2, 0.25) is 10.0 Å². The predicted molar refractivity (Wildman–Crippen MR) is 73.1 cm³/mol. The summed E-state index contributed by atoms with van der Waals surface area (Å²) >= 11 is 0. The minimum absolute atomic E-state index is 0.186. The zero-order valence-corrected chi connectivity index (χ0v) is 12.0. The standard InChI is InChI=1S/C10H21N5O2S/c1-7(2)15-10(9(11)8(3)14-15)12-5-6-13-18(4,16)17/h7,12-13H,5-6,11H2,1-4H3. The summed E-state index contributed by atoms with van der Waals surface area (Å²) in [6.07, 6.45) is 1.13. The minimum Gasteiger partial charge on any atom is -0.394 e. The summed E-state index contributed by atoms with van der Waals surface area (Å²) in [5.74, 6) is 0.734. The van der Waals surface area contributed by atoms with Crippen molar-refractivity contribution in [3.63, 3.8) is 0 Å². The summed E-state index contributed by atoms with van der Waals surface area (Å²) in [6.45, 7) is 6.61. The first-order valence-corrected chi connectivity index (χ1v) is 7.64. The van der Waals surface area contributed by atoms with Gasteiger partial charge in [-0.2, -0.15) is 5.10 Å². The molecule has 8 heteroatoms. The van der Waals surface area contributed by atoms with E-state index < -0.39 is 10.0 Å². The van der Waals surface area contributed by atoms with Gasteiger partial charge in [-0.1, -0.05) is 0 Å². The number of nitrogens with one attached hydrogen (secondary N) is 2. The van der Waals surface area contributed by atoms with E-state index in [-0.39, 0.29) is 6.04 Å². The molecule has 0 spiro atoms. The van der Waals surface area contributed by atoms with E-state index in [0.717, 1.165) is 17.8 Å². The van der Waals surface area contributed by atoms with Crippen LogP contribution in [0.5, 0.6) is 0 Å². The Bertz CT molecular complexity index is 507. The highest BCUT2D eigenvalue weighted by Gasteiger charge is 2.14. The van der Waals surface area contributed by atoms with E-state index in [1.165, 1.54) is 0 Å². The van der Waals surface area contributed by atoms with E-state index >= 15 is 0 Å². The van der Waals surface area contributed by atoms with Gasteiger partial charge < -0.3 is 11.1 Å². The molecule has 1 heterocycles. The molecule has 1 aromatic rings. The van der Waals surface area contributed by atoms with Gasteiger partial charge in [0.1, 0.15) is 5.82 Å². The summed E-state index contributed by atoms with van der Waals surface area (Å²) < 4.78 is 26.0. The van der Waals surface area contributed by atoms with Gasteiger partial charge in [0.05, 0.1) is 17.6 Å². The van der Waals surface area contributed by atoms with Crippen LogP contribution < -0.4 is 15.8 Å². The summed E-state index contributed by atoms with van der Waals surface area (Å²) in [7, 11) is -3.15. The average Bonchev–Trinajstić information content (AvgIpc) is 2.50. The van der Waals surface area contributed by atoms with Crippen LogP contribution in [0.2, 0.25) is 0 Å². The number of hydrogen-bond acceptors (Lipinski definition) is 5. The Balaban J connectivity index is 2.67. The van der Waals surface area contributed by atoms with Gasteiger partial charge in [-0.25, -0.2) is 17.8 Å². The zero-order valence-electron chi connectivity index (χ0n) is 11.2. The molecule has 0 fully saturated rings. The van der Waals surface area contributed by atoms with Crippen LogP contribution in [0.3, 0.4) is 0 Å². The number of anilines is 2. The molecule has 0 saturated heterocycles. The van der Waals surface area contributed by atoms with Crippen molar-refractivity contribution in [2.75, 3.05) is 30.4 Å². The van der Waals surface area contributed by atoms with Crippen molar-refractivity contribution in [3.8, 4) is 0 Å². The SMILES string of the molecule is Cc1nn(C(C)C)c(NCCNS(C)(=O)=O)c1N. The smallest absolute Gasteiger partial charge is 0.208 e. The van der Waals surface area contributed by atoms with Crippen molar-refractivity contribution in [1.29, 1.82) is 0 Å². The Morgan fingerprint density at radius 2 is 2.00 bits per heavy atom. The number of hydrogen-bond donors (Lipinski definition) is 3. The van der Waals surface area contributed by atoms with Crippen LogP contribution in [0.1, 0.15) is 25.6 Å². The molecule has 0 atom stereocenters. The van der Waals surface area contributed by atoms with Crippen molar-refractivity contribution in [2.24, 2.45) is 0 Å². The van der Waals surface area contributed by atoms with Gasteiger partial charge in [-0.05, 0) is 20.8 Å². The van der Waals surface area contributed by atoms with Gasteiger partial charge in [0.25, 0.3) is 0 Å². The number of aromatic nitrogens is 2. The molecule has 0 aliphatic rings. The van der Waals surface area contributed by atoms with Crippen LogP contribution in [0, 0.1) is 6.92 Å². The summed E-state index contributed by atoms with van der Waals surface area (Å²) in [6, 6.07) is 0.186. The first kappa shape index (κ1) is 14.8. The van der Waals surface area contributed by atoms with Gasteiger partial charge in [-0.15, -0.1) is 0 Å². The van der Waals surface area contributed by atoms with Gasteiger partial charge >= 0.3 is 0 Å². The number of nitrogens with zero attached hydrogens (tertiary/aromatic N) is 2. The summed E-state index contributed by atoms with van der Waals surface area (Å²) in [4.78, 5) is 0. The van der Waals surface area contributed by atoms with E-state index in [1.807, 2.05) is 20.8 Å². The molecule has 0 amide bonds. The van der Waals surface area contributed by atoms with Crippen LogP contribution in [-0.2, 0) is 10.0 Å². The Morgan fingerprint density at radius 3 is 2.50 bits per heavy atom. The minimum atomic E-state index is -3.15. The Labute approximate surface area is 108 Å². The third kappa shape index (κ3) is 3.88. The van der Waals surface area contributed by atoms with E-state index in [2.05, 4.69) is 15.1 Å². The highest BCUT2D eigenvalue weighted by Crippen LogP contribution is 2.24. The maximum atomic E-state index is 10.9. The molecule has 18 heavy (non-hydrogen) atoms. The molecule has 104 valence electrons. The number of sulfonamides is 1. The third-order valence-corrected chi connectivity index (χ3v) is 3.13. The molecule has 4 N–H and O–H groups in total. The van der Waals surface area contributed by atoms with Crippen LogP contribution in [0.25, 0.3) is 0 Å². The van der Waals surface area contributed by atoms with Crippen LogP contribution >= 0.6 is 0 Å². The maximum Gasteiger partial charge on any atom is 0.208 e. The Kier molecular flexibility index (Phi) is 4.58. The molecule has 0 aliphatic heterocycles. The number of nitrogen functional groups attached to an aromatic ring is 1. The van der Waals surface area contributed by atoms with Crippen molar-refractivity contribution in [1.82, 2.24) is 14.5 Å². The topological polar surface area (TPSA) is 102 Å². The molecule has 0 aliphatic carbocycles.